The lowest BCUT2D eigenvalue weighted by atomic mass is 9.95. The van der Waals surface area contributed by atoms with E-state index >= 15 is 0 Å². The Bertz CT molecular complexity index is 226. The van der Waals surface area contributed by atoms with Crippen LogP contribution in [0.15, 0.2) is 0 Å². The average Bonchev–Trinajstić information content (AvgIpc) is 2.16. The van der Waals surface area contributed by atoms with Gasteiger partial charge in [0, 0.05) is 19.6 Å². The van der Waals surface area contributed by atoms with Crippen LogP contribution in [0, 0.1) is 11.3 Å². The first kappa shape index (κ1) is 15.4. The van der Waals surface area contributed by atoms with Gasteiger partial charge in [-0.3, -0.25) is 5.32 Å². The zero-order chi connectivity index (χ0) is 12.6. The van der Waals surface area contributed by atoms with Crippen LogP contribution in [-0.4, -0.2) is 38.0 Å². The quantitative estimate of drug-likeness (QED) is 0.643. The molecule has 0 heterocycles. The van der Waals surface area contributed by atoms with Gasteiger partial charge in [-0.25, -0.2) is 0 Å². The summed E-state index contributed by atoms with van der Waals surface area (Å²) in [6.07, 6.45) is 0.719. The Morgan fingerprint density at radius 2 is 1.94 bits per heavy atom. The molecule has 16 heavy (non-hydrogen) atoms. The lowest BCUT2D eigenvalue weighted by molar-refractivity contribution is 0.0138. The second-order valence-electron chi connectivity index (χ2n) is 4.62. The highest BCUT2D eigenvalue weighted by Crippen LogP contribution is 2.14. The minimum atomic E-state index is -0.527. The van der Waals surface area contributed by atoms with Gasteiger partial charge in [-0.1, -0.05) is 0 Å². The van der Waals surface area contributed by atoms with Crippen LogP contribution in [0.2, 0.25) is 0 Å². The van der Waals surface area contributed by atoms with Gasteiger partial charge in [0.05, 0.1) is 25.4 Å². The maximum Gasteiger partial charge on any atom is 0.106 e. The summed E-state index contributed by atoms with van der Waals surface area (Å²) in [7, 11) is 1.65. The largest absolute Gasteiger partial charge is 0.382 e. The van der Waals surface area contributed by atoms with Crippen molar-refractivity contribution in [1.82, 2.24) is 5.32 Å². The van der Waals surface area contributed by atoms with E-state index in [1.807, 2.05) is 27.7 Å². The Labute approximate surface area is 98.9 Å². The van der Waals surface area contributed by atoms with E-state index in [9.17, 15) is 0 Å². The van der Waals surface area contributed by atoms with Crippen molar-refractivity contribution in [3.05, 3.63) is 0 Å². The standard InChI is InChI=1S/C12H24N2O2/c1-10(2)14-12(4,9-13)8-11(3)16-7-6-15-5/h10-11,14H,6-8H2,1-5H3. The molecule has 0 amide bonds. The highest BCUT2D eigenvalue weighted by molar-refractivity contribution is 5.05. The summed E-state index contributed by atoms with van der Waals surface area (Å²) >= 11 is 0. The molecule has 0 aromatic heterocycles. The minimum absolute atomic E-state index is 0.0473. The molecule has 0 saturated heterocycles. The molecular formula is C12H24N2O2. The van der Waals surface area contributed by atoms with Gasteiger partial charge in [-0.15, -0.1) is 0 Å². The predicted octanol–water partition coefficient (Wildman–Crippen LogP) is 1.71. The third-order valence-electron chi connectivity index (χ3n) is 2.24. The van der Waals surface area contributed by atoms with Crippen molar-refractivity contribution >= 4 is 0 Å². The first-order chi connectivity index (χ1) is 7.43. The van der Waals surface area contributed by atoms with E-state index in [1.165, 1.54) is 0 Å². The molecule has 0 bridgehead atoms. The molecule has 0 aliphatic carbocycles. The zero-order valence-electron chi connectivity index (χ0n) is 11.0. The third kappa shape index (κ3) is 6.78. The number of nitrogens with zero attached hydrogens (tertiary/aromatic N) is 1. The van der Waals surface area contributed by atoms with Crippen LogP contribution in [-0.2, 0) is 9.47 Å². The van der Waals surface area contributed by atoms with Crippen molar-refractivity contribution in [1.29, 1.82) is 5.26 Å². The number of hydrogen-bond acceptors (Lipinski definition) is 4. The molecule has 1 N–H and O–H groups in total. The lowest BCUT2D eigenvalue weighted by Gasteiger charge is -2.28. The van der Waals surface area contributed by atoms with E-state index < -0.39 is 5.54 Å². The van der Waals surface area contributed by atoms with Crippen LogP contribution < -0.4 is 5.32 Å². The van der Waals surface area contributed by atoms with E-state index in [-0.39, 0.29) is 12.1 Å². The first-order valence-electron chi connectivity index (χ1n) is 5.73. The normalized spacial score (nSPS) is 16.8. The number of nitriles is 1. The van der Waals surface area contributed by atoms with Gasteiger partial charge >= 0.3 is 0 Å². The maximum atomic E-state index is 9.16. The molecule has 0 radical (unpaired) electrons. The SMILES string of the molecule is COCCOC(C)CC(C)(C#N)NC(C)C. The summed E-state index contributed by atoms with van der Waals surface area (Å²) in [6.45, 7) is 9.11. The molecule has 0 rings (SSSR count). The number of hydrogen-bond donors (Lipinski definition) is 1. The summed E-state index contributed by atoms with van der Waals surface area (Å²) in [5.41, 5.74) is -0.527. The first-order valence-corrected chi connectivity index (χ1v) is 5.73. The second-order valence-corrected chi connectivity index (χ2v) is 4.62. The summed E-state index contributed by atoms with van der Waals surface area (Å²) in [4.78, 5) is 0. The fourth-order valence-corrected chi connectivity index (χ4v) is 1.74. The van der Waals surface area contributed by atoms with Crippen LogP contribution in [0.5, 0.6) is 0 Å². The Hall–Kier alpha value is -0.630. The Kier molecular flexibility index (Phi) is 7.31. The van der Waals surface area contributed by atoms with E-state index in [0.29, 0.717) is 19.6 Å². The molecule has 0 spiro atoms. The van der Waals surface area contributed by atoms with E-state index in [4.69, 9.17) is 14.7 Å². The molecule has 2 atom stereocenters. The van der Waals surface area contributed by atoms with E-state index in [1.54, 1.807) is 7.11 Å². The van der Waals surface area contributed by atoms with Crippen molar-refractivity contribution in [2.24, 2.45) is 0 Å². The van der Waals surface area contributed by atoms with Crippen molar-refractivity contribution in [2.75, 3.05) is 20.3 Å². The Balaban J connectivity index is 4.05. The van der Waals surface area contributed by atoms with Gasteiger partial charge in [-0.05, 0) is 27.7 Å². The number of rotatable bonds is 8. The molecule has 94 valence electrons. The monoisotopic (exact) mass is 228 g/mol. The van der Waals surface area contributed by atoms with Gasteiger partial charge in [-0.2, -0.15) is 5.26 Å². The predicted molar refractivity (Wildman–Crippen MR) is 64.2 cm³/mol. The average molecular weight is 228 g/mol. The second kappa shape index (κ2) is 7.61. The van der Waals surface area contributed by atoms with Crippen molar-refractivity contribution < 1.29 is 9.47 Å². The summed E-state index contributed by atoms with van der Waals surface area (Å²) in [6, 6.07) is 2.60. The molecule has 0 fully saturated rings. The number of methoxy groups -OCH3 is 1. The summed E-state index contributed by atoms with van der Waals surface area (Å²) < 4.78 is 10.5. The van der Waals surface area contributed by atoms with E-state index in [0.717, 1.165) is 0 Å². The van der Waals surface area contributed by atoms with Crippen LogP contribution in [0.1, 0.15) is 34.1 Å². The molecule has 0 aromatic carbocycles. The van der Waals surface area contributed by atoms with Crippen molar-refractivity contribution in [3.63, 3.8) is 0 Å². The highest BCUT2D eigenvalue weighted by atomic mass is 16.5. The van der Waals surface area contributed by atoms with Crippen LogP contribution >= 0.6 is 0 Å². The molecule has 4 nitrogen and oxygen atoms in total. The molecule has 0 aromatic rings. The van der Waals surface area contributed by atoms with Crippen LogP contribution in [0.25, 0.3) is 0 Å². The summed E-state index contributed by atoms with van der Waals surface area (Å²) in [5, 5.41) is 12.4. The van der Waals surface area contributed by atoms with Crippen molar-refractivity contribution in [2.45, 2.75) is 51.8 Å². The fraction of sp³-hybridized carbons (Fsp3) is 0.917. The highest BCUT2D eigenvalue weighted by Gasteiger charge is 2.27. The van der Waals surface area contributed by atoms with Gasteiger partial charge in [0.15, 0.2) is 0 Å². The molecule has 2 unspecified atom stereocenters. The lowest BCUT2D eigenvalue weighted by Crippen LogP contribution is -2.47. The number of nitrogens with one attached hydrogen (secondary N) is 1. The van der Waals surface area contributed by atoms with Crippen molar-refractivity contribution in [3.8, 4) is 6.07 Å². The van der Waals surface area contributed by atoms with Gasteiger partial charge in [0.2, 0.25) is 0 Å². The Morgan fingerprint density at radius 1 is 1.31 bits per heavy atom. The van der Waals surface area contributed by atoms with Gasteiger partial charge in [0.1, 0.15) is 5.54 Å². The van der Waals surface area contributed by atoms with Crippen LogP contribution in [0.4, 0.5) is 0 Å². The third-order valence-corrected chi connectivity index (χ3v) is 2.24. The van der Waals surface area contributed by atoms with Gasteiger partial charge < -0.3 is 9.47 Å². The molecular weight excluding hydrogens is 204 g/mol. The number of ether oxygens (including phenoxy) is 2. The zero-order valence-corrected chi connectivity index (χ0v) is 11.0. The van der Waals surface area contributed by atoms with E-state index in [2.05, 4.69) is 11.4 Å². The van der Waals surface area contributed by atoms with Gasteiger partial charge in [0.25, 0.3) is 0 Å². The fourth-order valence-electron chi connectivity index (χ4n) is 1.74. The topological polar surface area (TPSA) is 54.3 Å². The molecule has 0 aliphatic rings. The van der Waals surface area contributed by atoms with Crippen LogP contribution in [0.3, 0.4) is 0 Å². The summed E-state index contributed by atoms with van der Waals surface area (Å²) in [5.74, 6) is 0. The molecule has 0 aliphatic heterocycles. The Morgan fingerprint density at radius 3 is 2.38 bits per heavy atom. The maximum absolute atomic E-state index is 9.16. The minimum Gasteiger partial charge on any atom is -0.382 e. The molecule has 0 saturated carbocycles. The smallest absolute Gasteiger partial charge is 0.106 e. The molecule has 4 heteroatoms.